The molecule has 0 radical (unpaired) electrons. The number of hydrogen-bond acceptors (Lipinski definition) is 3. The van der Waals surface area contributed by atoms with Gasteiger partial charge in [-0.15, -0.1) is 0 Å². The van der Waals surface area contributed by atoms with Gasteiger partial charge in [-0.2, -0.15) is 5.10 Å². The fraction of sp³-hybridized carbons (Fsp3) is 0.650. The van der Waals surface area contributed by atoms with Crippen molar-refractivity contribution in [1.82, 2.24) is 20.4 Å². The van der Waals surface area contributed by atoms with Crippen LogP contribution in [-0.4, -0.2) is 33.7 Å². The minimum absolute atomic E-state index is 0.0955. The predicted octanol–water partition coefficient (Wildman–Crippen LogP) is 3.12. The van der Waals surface area contributed by atoms with Gasteiger partial charge in [-0.25, -0.2) is 0 Å². The number of nitrogens with one attached hydrogen (secondary N) is 2. The second kappa shape index (κ2) is 8.52. The van der Waals surface area contributed by atoms with Crippen LogP contribution in [0, 0.1) is 0 Å². The molecule has 2 N–H and O–H groups in total. The van der Waals surface area contributed by atoms with Gasteiger partial charge < -0.3 is 10.6 Å². The Bertz CT molecular complexity index is 640. The maximum absolute atomic E-state index is 12.8. The molecule has 6 nitrogen and oxygen atoms in total. The van der Waals surface area contributed by atoms with Gasteiger partial charge in [-0.1, -0.05) is 45.1 Å². The highest BCUT2D eigenvalue weighted by Gasteiger charge is 2.34. The Morgan fingerprint density at radius 2 is 1.88 bits per heavy atom. The zero-order valence-corrected chi connectivity index (χ0v) is 15.5. The van der Waals surface area contributed by atoms with Crippen LogP contribution in [-0.2, 0) is 4.79 Å². The third-order valence-electron chi connectivity index (χ3n) is 5.79. The topological polar surface area (TPSA) is 76.0 Å². The zero-order chi connectivity index (χ0) is 18.4. The number of aromatic nitrogens is 2. The van der Waals surface area contributed by atoms with Crippen LogP contribution in [0.1, 0.15) is 80.6 Å². The van der Waals surface area contributed by atoms with E-state index in [1.807, 2.05) is 10.9 Å². The summed E-state index contributed by atoms with van der Waals surface area (Å²) >= 11 is 0. The maximum Gasteiger partial charge on any atom is 0.254 e. The van der Waals surface area contributed by atoms with E-state index >= 15 is 0 Å². The van der Waals surface area contributed by atoms with E-state index in [4.69, 9.17) is 0 Å². The van der Waals surface area contributed by atoms with Crippen molar-refractivity contribution in [2.75, 3.05) is 6.54 Å². The predicted molar refractivity (Wildman–Crippen MR) is 101 cm³/mol. The minimum atomic E-state index is -0.374. The van der Waals surface area contributed by atoms with Crippen molar-refractivity contribution < 1.29 is 9.59 Å². The van der Waals surface area contributed by atoms with E-state index in [0.29, 0.717) is 18.2 Å². The summed E-state index contributed by atoms with van der Waals surface area (Å²) in [5.74, 6) is -0.295. The highest BCUT2D eigenvalue weighted by molar-refractivity contribution is 5.94. The van der Waals surface area contributed by atoms with Crippen molar-refractivity contribution in [1.29, 1.82) is 0 Å². The Labute approximate surface area is 155 Å². The third-order valence-corrected chi connectivity index (χ3v) is 5.79. The molecule has 2 aliphatic rings. The highest BCUT2D eigenvalue weighted by Crippen LogP contribution is 2.29. The average molecular weight is 358 g/mol. The molecular weight excluding hydrogens is 328 g/mol. The lowest BCUT2D eigenvalue weighted by Crippen LogP contribution is -2.56. The van der Waals surface area contributed by atoms with Crippen LogP contribution >= 0.6 is 0 Å². The van der Waals surface area contributed by atoms with E-state index < -0.39 is 0 Å². The van der Waals surface area contributed by atoms with E-state index in [9.17, 15) is 9.59 Å². The molecule has 26 heavy (non-hydrogen) atoms. The molecule has 142 valence electrons. The molecule has 6 heteroatoms. The molecule has 0 unspecified atom stereocenters. The molecule has 0 bridgehead atoms. The molecule has 2 fully saturated rings. The van der Waals surface area contributed by atoms with Crippen LogP contribution in [0.3, 0.4) is 0 Å². The SMILES string of the molecule is C=CC(=O)NCC1(NC(=O)c2cnn(C3CCCCC3)c2)CCCCC1. The summed E-state index contributed by atoms with van der Waals surface area (Å²) in [6, 6.07) is 0.417. The minimum Gasteiger partial charge on any atom is -0.350 e. The Morgan fingerprint density at radius 1 is 1.19 bits per heavy atom. The summed E-state index contributed by atoms with van der Waals surface area (Å²) in [5.41, 5.74) is 0.233. The molecule has 1 heterocycles. The van der Waals surface area contributed by atoms with Crippen molar-refractivity contribution in [3.8, 4) is 0 Å². The van der Waals surface area contributed by atoms with E-state index in [-0.39, 0.29) is 17.4 Å². The van der Waals surface area contributed by atoms with Gasteiger partial charge in [0.25, 0.3) is 5.91 Å². The molecule has 2 saturated carbocycles. The molecule has 0 saturated heterocycles. The number of carbonyl (C=O) groups is 2. The Kier molecular flexibility index (Phi) is 6.12. The van der Waals surface area contributed by atoms with Gasteiger partial charge in [0.05, 0.1) is 23.3 Å². The molecule has 1 aromatic heterocycles. The fourth-order valence-electron chi connectivity index (χ4n) is 4.22. The molecule has 2 aliphatic carbocycles. The van der Waals surface area contributed by atoms with Gasteiger partial charge in [-0.05, 0) is 31.8 Å². The maximum atomic E-state index is 12.8. The Morgan fingerprint density at radius 3 is 2.58 bits per heavy atom. The largest absolute Gasteiger partial charge is 0.350 e. The first-order valence-corrected chi connectivity index (χ1v) is 9.89. The van der Waals surface area contributed by atoms with Crippen molar-refractivity contribution in [2.24, 2.45) is 0 Å². The van der Waals surface area contributed by atoms with Crippen molar-refractivity contribution >= 4 is 11.8 Å². The van der Waals surface area contributed by atoms with Gasteiger partial charge in [0.1, 0.15) is 0 Å². The molecular formula is C20H30N4O2. The number of amides is 2. The van der Waals surface area contributed by atoms with Crippen LogP contribution in [0.25, 0.3) is 0 Å². The lowest BCUT2D eigenvalue weighted by Gasteiger charge is -2.38. The second-order valence-electron chi connectivity index (χ2n) is 7.72. The lowest BCUT2D eigenvalue weighted by atomic mass is 9.81. The third kappa shape index (κ3) is 4.54. The summed E-state index contributed by atoms with van der Waals surface area (Å²) < 4.78 is 1.96. The Hall–Kier alpha value is -2.11. The zero-order valence-electron chi connectivity index (χ0n) is 15.5. The van der Waals surface area contributed by atoms with Gasteiger partial charge in [0.2, 0.25) is 5.91 Å². The van der Waals surface area contributed by atoms with Crippen LogP contribution in [0.2, 0.25) is 0 Å². The average Bonchev–Trinajstić information content (AvgIpc) is 3.18. The number of rotatable bonds is 6. The van der Waals surface area contributed by atoms with E-state index in [2.05, 4.69) is 22.3 Å². The van der Waals surface area contributed by atoms with Gasteiger partial charge in [0.15, 0.2) is 0 Å². The molecule has 1 aromatic rings. The number of hydrogen-bond donors (Lipinski definition) is 2. The van der Waals surface area contributed by atoms with Crippen LogP contribution in [0.5, 0.6) is 0 Å². The summed E-state index contributed by atoms with van der Waals surface area (Å²) in [6.45, 7) is 3.94. The smallest absolute Gasteiger partial charge is 0.254 e. The molecule has 0 aliphatic heterocycles. The summed E-state index contributed by atoms with van der Waals surface area (Å²) in [6.07, 6.45) is 15.9. The van der Waals surface area contributed by atoms with Gasteiger partial charge >= 0.3 is 0 Å². The molecule has 0 atom stereocenters. The van der Waals surface area contributed by atoms with Crippen molar-refractivity contribution in [3.05, 3.63) is 30.6 Å². The van der Waals surface area contributed by atoms with Gasteiger partial charge in [0, 0.05) is 12.7 Å². The molecule has 0 aromatic carbocycles. The summed E-state index contributed by atoms with van der Waals surface area (Å²) in [5, 5.41) is 10.5. The lowest BCUT2D eigenvalue weighted by molar-refractivity contribution is -0.116. The molecule has 3 rings (SSSR count). The quantitative estimate of drug-likeness (QED) is 0.767. The molecule has 2 amide bonds. The first-order chi connectivity index (χ1) is 12.6. The fourth-order valence-corrected chi connectivity index (χ4v) is 4.22. The number of nitrogens with zero attached hydrogens (tertiary/aromatic N) is 2. The van der Waals surface area contributed by atoms with Crippen LogP contribution in [0.15, 0.2) is 25.0 Å². The highest BCUT2D eigenvalue weighted by atomic mass is 16.2. The van der Waals surface area contributed by atoms with Crippen molar-refractivity contribution in [3.63, 3.8) is 0 Å². The Balaban J connectivity index is 1.66. The number of carbonyl (C=O) groups excluding carboxylic acids is 2. The van der Waals surface area contributed by atoms with E-state index in [1.165, 1.54) is 31.8 Å². The van der Waals surface area contributed by atoms with Crippen LogP contribution in [0.4, 0.5) is 0 Å². The first-order valence-electron chi connectivity index (χ1n) is 9.89. The van der Waals surface area contributed by atoms with E-state index in [1.54, 1.807) is 6.20 Å². The monoisotopic (exact) mass is 358 g/mol. The summed E-state index contributed by atoms with van der Waals surface area (Å²) in [7, 11) is 0. The van der Waals surface area contributed by atoms with Crippen LogP contribution < -0.4 is 10.6 Å². The first kappa shape index (κ1) is 18.7. The molecule has 0 spiro atoms. The summed E-state index contributed by atoms with van der Waals surface area (Å²) in [4.78, 5) is 24.4. The standard InChI is InChI=1S/C20H30N4O2/c1-2-18(25)21-15-20(11-7-4-8-12-20)23-19(26)16-13-22-24(14-16)17-9-5-3-6-10-17/h2,13-14,17H,1,3-12,15H2,(H,21,25)(H,23,26). The second-order valence-corrected chi connectivity index (χ2v) is 7.72. The van der Waals surface area contributed by atoms with Crippen molar-refractivity contribution in [2.45, 2.75) is 75.8 Å². The van der Waals surface area contributed by atoms with E-state index in [0.717, 1.165) is 38.5 Å². The van der Waals surface area contributed by atoms with Gasteiger partial charge in [-0.3, -0.25) is 14.3 Å². The normalized spacial score (nSPS) is 20.3.